The molecule has 1 aromatic carbocycles. The molecule has 3 aromatic rings. The Labute approximate surface area is 193 Å². The van der Waals surface area contributed by atoms with Crippen LogP contribution < -0.4 is 16.3 Å². The van der Waals surface area contributed by atoms with Crippen LogP contribution in [0, 0.1) is 0 Å². The highest BCUT2D eigenvalue weighted by molar-refractivity contribution is 5.82. The number of carbonyl (C=O) groups is 1. The first kappa shape index (κ1) is 21.6. The molecule has 8 heteroatoms. The van der Waals surface area contributed by atoms with Gasteiger partial charge < -0.3 is 10.7 Å². The second-order valence-electron chi connectivity index (χ2n) is 8.99. The second kappa shape index (κ2) is 9.31. The van der Waals surface area contributed by atoms with Crippen LogP contribution in [-0.2, 0) is 24.1 Å². The molecule has 2 N–H and O–H groups in total. The van der Waals surface area contributed by atoms with E-state index in [1.807, 2.05) is 12.1 Å². The lowest BCUT2D eigenvalue weighted by Gasteiger charge is -2.35. The lowest BCUT2D eigenvalue weighted by molar-refractivity contribution is -0.118. The van der Waals surface area contributed by atoms with Gasteiger partial charge in [-0.15, -0.1) is 0 Å². The Hall–Kier alpha value is -3.26. The van der Waals surface area contributed by atoms with Gasteiger partial charge in [0.1, 0.15) is 17.4 Å². The molecule has 0 unspecified atom stereocenters. The number of pyridine rings is 1. The van der Waals surface area contributed by atoms with Crippen LogP contribution >= 0.6 is 0 Å². The number of para-hydroxylation sites is 1. The minimum Gasteiger partial charge on any atom is -0.354 e. The van der Waals surface area contributed by atoms with E-state index in [0.29, 0.717) is 30.7 Å². The normalized spacial score (nSPS) is 16.8. The van der Waals surface area contributed by atoms with Crippen LogP contribution in [0.2, 0.25) is 0 Å². The predicted octanol–water partition coefficient (Wildman–Crippen LogP) is 1.71. The number of carbonyl (C=O) groups excluding carboxylic acids is 1. The molecule has 8 nitrogen and oxygen atoms in total. The molecule has 0 bridgehead atoms. The van der Waals surface area contributed by atoms with E-state index in [0.717, 1.165) is 67.3 Å². The highest BCUT2D eigenvalue weighted by Gasteiger charge is 2.23. The van der Waals surface area contributed by atoms with Gasteiger partial charge in [0, 0.05) is 56.4 Å². The summed E-state index contributed by atoms with van der Waals surface area (Å²) in [6, 6.07) is 12.5. The van der Waals surface area contributed by atoms with Gasteiger partial charge in [-0.25, -0.2) is 14.6 Å². The van der Waals surface area contributed by atoms with Crippen LogP contribution in [0.25, 0.3) is 10.9 Å². The molecule has 172 valence electrons. The first-order valence-corrected chi connectivity index (χ1v) is 11.8. The van der Waals surface area contributed by atoms with E-state index in [1.54, 1.807) is 0 Å². The second-order valence-corrected chi connectivity index (χ2v) is 8.99. The van der Waals surface area contributed by atoms with E-state index in [-0.39, 0.29) is 17.8 Å². The number of Topliss-reactive ketones (excluding diaryl/α,β-unsaturated/α-hetero) is 1. The number of fused-ring (bicyclic) bond motifs is 2. The SMILES string of the molecule is Nn1c(CCCCN2CCN(c3ccc4ccccc4n3)CC2)nc2c(c1=O)CC(=O)CC2. The first-order valence-electron chi connectivity index (χ1n) is 11.8. The molecule has 0 saturated carbocycles. The average molecular weight is 447 g/mol. The van der Waals surface area contributed by atoms with Crippen molar-refractivity contribution in [2.45, 2.75) is 38.5 Å². The standard InChI is InChI=1S/C25H30N6O2/c26-31-24(28-22-10-9-19(32)17-20(22)25(31)33)7-3-4-12-29-13-15-30(16-14-29)23-11-8-18-5-1-2-6-21(18)27-23/h1-2,5-6,8,11H,3-4,7,9-10,12-17,26H2. The molecule has 1 saturated heterocycles. The van der Waals surface area contributed by atoms with Crippen LogP contribution in [0.1, 0.15) is 36.3 Å². The van der Waals surface area contributed by atoms with Crippen LogP contribution in [-0.4, -0.2) is 58.1 Å². The minimum atomic E-state index is -0.263. The number of aryl methyl sites for hydroxylation is 2. The Balaban J connectivity index is 1.11. The summed E-state index contributed by atoms with van der Waals surface area (Å²) in [6.45, 7) is 4.99. The predicted molar refractivity (Wildman–Crippen MR) is 129 cm³/mol. The van der Waals surface area contributed by atoms with E-state index in [1.165, 1.54) is 5.39 Å². The molecule has 3 heterocycles. The van der Waals surface area contributed by atoms with E-state index in [2.05, 4.69) is 39.0 Å². The van der Waals surface area contributed by atoms with E-state index < -0.39 is 0 Å². The van der Waals surface area contributed by atoms with Crippen molar-refractivity contribution in [2.24, 2.45) is 0 Å². The number of hydrogen-bond acceptors (Lipinski definition) is 7. The van der Waals surface area contributed by atoms with Gasteiger partial charge in [0.15, 0.2) is 0 Å². The Bertz CT molecular complexity index is 1230. The Kier molecular flexibility index (Phi) is 6.09. The maximum Gasteiger partial charge on any atom is 0.275 e. The van der Waals surface area contributed by atoms with Crippen molar-refractivity contribution < 1.29 is 4.79 Å². The molecule has 0 atom stereocenters. The number of hydrogen-bond donors (Lipinski definition) is 1. The lowest BCUT2D eigenvalue weighted by atomic mass is 9.96. The van der Waals surface area contributed by atoms with Gasteiger partial charge in [-0.2, -0.15) is 0 Å². The van der Waals surface area contributed by atoms with Crippen LogP contribution in [0.15, 0.2) is 41.2 Å². The molecule has 0 amide bonds. The van der Waals surface area contributed by atoms with E-state index >= 15 is 0 Å². The largest absolute Gasteiger partial charge is 0.354 e. The van der Waals surface area contributed by atoms with Gasteiger partial charge in [-0.1, -0.05) is 18.2 Å². The van der Waals surface area contributed by atoms with Crippen molar-refractivity contribution in [3.63, 3.8) is 0 Å². The van der Waals surface area contributed by atoms with Gasteiger partial charge in [0.25, 0.3) is 5.56 Å². The Morgan fingerprint density at radius 3 is 2.58 bits per heavy atom. The summed E-state index contributed by atoms with van der Waals surface area (Å²) >= 11 is 0. The molecule has 2 aromatic heterocycles. The number of nitrogens with zero attached hydrogens (tertiary/aromatic N) is 5. The topological polar surface area (TPSA) is 97.3 Å². The van der Waals surface area contributed by atoms with Gasteiger partial charge in [-0.3, -0.25) is 14.5 Å². The van der Waals surface area contributed by atoms with E-state index in [9.17, 15) is 9.59 Å². The number of nitrogens with two attached hydrogens (primary N) is 1. The molecule has 5 rings (SSSR count). The van der Waals surface area contributed by atoms with Crippen LogP contribution in [0.5, 0.6) is 0 Å². The monoisotopic (exact) mass is 446 g/mol. The van der Waals surface area contributed by atoms with Crippen LogP contribution in [0.3, 0.4) is 0 Å². The zero-order chi connectivity index (χ0) is 22.8. The molecule has 33 heavy (non-hydrogen) atoms. The molecule has 2 aliphatic rings. The lowest BCUT2D eigenvalue weighted by Crippen LogP contribution is -2.46. The summed E-state index contributed by atoms with van der Waals surface area (Å²) in [5, 5.41) is 1.17. The number of nitrogen functional groups attached to an aromatic ring is 1. The molecule has 1 aliphatic carbocycles. The highest BCUT2D eigenvalue weighted by atomic mass is 16.1. The highest BCUT2D eigenvalue weighted by Crippen LogP contribution is 2.19. The summed E-state index contributed by atoms with van der Waals surface area (Å²) in [5.74, 6) is 7.76. The number of aromatic nitrogens is 3. The van der Waals surface area contributed by atoms with Gasteiger partial charge in [0.05, 0.1) is 11.2 Å². The molecular formula is C25H30N6O2. The fourth-order valence-corrected chi connectivity index (χ4v) is 4.82. The summed E-state index contributed by atoms with van der Waals surface area (Å²) in [6.07, 6.45) is 3.81. The first-order chi connectivity index (χ1) is 16.1. The third-order valence-electron chi connectivity index (χ3n) is 6.79. The summed E-state index contributed by atoms with van der Waals surface area (Å²) < 4.78 is 1.15. The fourth-order valence-electron chi connectivity index (χ4n) is 4.82. The smallest absolute Gasteiger partial charge is 0.275 e. The van der Waals surface area contributed by atoms with Crippen molar-refractivity contribution in [1.29, 1.82) is 0 Å². The van der Waals surface area contributed by atoms with Crippen molar-refractivity contribution in [2.75, 3.05) is 43.5 Å². The average Bonchev–Trinajstić information content (AvgIpc) is 2.85. The van der Waals surface area contributed by atoms with Gasteiger partial charge >= 0.3 is 0 Å². The number of anilines is 1. The number of rotatable bonds is 6. The number of ketones is 1. The summed E-state index contributed by atoms with van der Waals surface area (Å²) in [4.78, 5) is 38.5. The molecule has 0 radical (unpaired) electrons. The zero-order valence-electron chi connectivity index (χ0n) is 18.9. The van der Waals surface area contributed by atoms with Gasteiger partial charge in [0.2, 0.25) is 0 Å². The van der Waals surface area contributed by atoms with Crippen molar-refractivity contribution in [3.8, 4) is 0 Å². The van der Waals surface area contributed by atoms with Gasteiger partial charge in [-0.05, 0) is 44.0 Å². The minimum absolute atomic E-state index is 0.0886. The van der Waals surface area contributed by atoms with Crippen molar-refractivity contribution in [1.82, 2.24) is 19.5 Å². The molecule has 0 spiro atoms. The van der Waals surface area contributed by atoms with Crippen LogP contribution in [0.4, 0.5) is 5.82 Å². The Morgan fingerprint density at radius 1 is 0.909 bits per heavy atom. The third-order valence-corrected chi connectivity index (χ3v) is 6.79. The number of benzene rings is 1. The van der Waals surface area contributed by atoms with E-state index in [4.69, 9.17) is 10.8 Å². The Morgan fingerprint density at radius 2 is 1.73 bits per heavy atom. The van der Waals surface area contributed by atoms with Crippen molar-refractivity contribution in [3.05, 3.63) is 63.8 Å². The number of piperazine rings is 1. The number of unbranched alkanes of at least 4 members (excludes halogenated alkanes) is 1. The summed E-state index contributed by atoms with van der Waals surface area (Å²) in [5.41, 5.74) is 2.02. The molecular weight excluding hydrogens is 416 g/mol. The maximum atomic E-state index is 12.5. The third kappa shape index (κ3) is 4.61. The quantitative estimate of drug-likeness (QED) is 0.455. The maximum absolute atomic E-state index is 12.5. The fraction of sp³-hybridized carbons (Fsp3) is 0.440. The zero-order valence-corrected chi connectivity index (χ0v) is 18.9. The van der Waals surface area contributed by atoms with Crippen molar-refractivity contribution >= 4 is 22.5 Å². The molecule has 1 fully saturated rings. The molecule has 1 aliphatic heterocycles. The summed E-state index contributed by atoms with van der Waals surface area (Å²) in [7, 11) is 0.